The Bertz CT molecular complexity index is 2010. The van der Waals surface area contributed by atoms with Gasteiger partial charge in [-0.1, -0.05) is 43.3 Å². The second-order valence-corrected chi connectivity index (χ2v) is 20.3. The zero-order chi connectivity index (χ0) is 49.0. The molecule has 19 heteroatoms. The molecular formula is C48H75N7O12. The summed E-state index contributed by atoms with van der Waals surface area (Å²) < 4.78 is 27.4. The van der Waals surface area contributed by atoms with Crippen molar-refractivity contribution in [1.82, 2.24) is 24.8 Å². The molecule has 1 aromatic carbocycles. The molecule has 3 N–H and O–H groups in total. The molecule has 6 rings (SSSR count). The van der Waals surface area contributed by atoms with E-state index < -0.39 is 88.3 Å². The zero-order valence-corrected chi connectivity index (χ0v) is 41.0. The minimum atomic E-state index is -1.91. The summed E-state index contributed by atoms with van der Waals surface area (Å²) in [5.74, 6) is -4.70. The summed E-state index contributed by atoms with van der Waals surface area (Å²) >= 11 is 0. The highest BCUT2D eigenvalue weighted by atomic mass is 16.7. The van der Waals surface area contributed by atoms with E-state index in [2.05, 4.69) is 29.3 Å². The van der Waals surface area contributed by atoms with Crippen LogP contribution >= 0.6 is 0 Å². The molecule has 0 radical (unpaired) electrons. The number of aliphatic hydroxyl groups is 3. The van der Waals surface area contributed by atoms with Gasteiger partial charge in [0.05, 0.1) is 46.8 Å². The number of hydrogen-bond donors (Lipinski definition) is 3. The van der Waals surface area contributed by atoms with Gasteiger partial charge in [-0.2, -0.15) is 0 Å². The second kappa shape index (κ2) is 22.2. The first-order valence-electron chi connectivity index (χ1n) is 24.1. The largest absolute Gasteiger partial charge is 0.459 e. The molecule has 4 aliphatic rings. The van der Waals surface area contributed by atoms with Gasteiger partial charge in [-0.05, 0) is 106 Å². The monoisotopic (exact) mass is 942 g/mol. The topological polar surface area (TPSA) is 234 Å². The fourth-order valence-electron chi connectivity index (χ4n) is 10.6. The molecule has 13 atom stereocenters. The number of nitro benzene ring substituents is 1. The first-order chi connectivity index (χ1) is 31.6. The van der Waals surface area contributed by atoms with Crippen LogP contribution in [-0.2, 0) is 52.8 Å². The molecule has 0 spiro atoms. The molecule has 1 aliphatic carbocycles. The van der Waals surface area contributed by atoms with E-state index in [-0.39, 0.29) is 37.3 Å². The van der Waals surface area contributed by atoms with E-state index >= 15 is 0 Å². The SMILES string of the molecule is CC[C@H]1OC(=O)[C@H](C)C(=O)[C@H](C)[C@@H](O[C@@H]2O[C@H](C)C[C@H](N(C)CCc3cn(CCc4ccc([N+](=O)[O-])cc4)nn3)[C@H]2O)[C@@]2(C)C[C@@H](CO2)/C(=N\O[C@H]2CC[C@@H](N(C)C)CC2)[C@H](C)[C@@H](O)[C@]1(C)O. The molecule has 3 aliphatic heterocycles. The predicted molar refractivity (Wildman–Crippen MR) is 247 cm³/mol. The Hall–Kier alpha value is -3.95. The number of ether oxygens (including phenoxy) is 4. The molecule has 2 aromatic rings. The number of cyclic esters (lactones) is 1. The molecule has 2 bridgehead atoms. The molecule has 0 amide bonds. The van der Waals surface area contributed by atoms with Gasteiger partial charge in [0.15, 0.2) is 12.1 Å². The third-order valence-corrected chi connectivity index (χ3v) is 15.0. The van der Waals surface area contributed by atoms with E-state index in [1.807, 2.05) is 32.0 Å². The fourth-order valence-corrected chi connectivity index (χ4v) is 10.6. The van der Waals surface area contributed by atoms with Crippen LogP contribution in [0.1, 0.15) is 105 Å². The number of esters is 1. The van der Waals surface area contributed by atoms with E-state index in [0.29, 0.717) is 44.1 Å². The highest BCUT2D eigenvalue weighted by Crippen LogP contribution is 2.43. The van der Waals surface area contributed by atoms with Gasteiger partial charge in [-0.15, -0.1) is 5.10 Å². The number of nitro groups is 1. The molecule has 67 heavy (non-hydrogen) atoms. The number of rotatable bonds is 14. The van der Waals surface area contributed by atoms with E-state index in [9.17, 15) is 35.0 Å². The molecular weight excluding hydrogens is 867 g/mol. The van der Waals surface area contributed by atoms with Gasteiger partial charge in [-0.25, -0.2) is 0 Å². The molecule has 374 valence electrons. The van der Waals surface area contributed by atoms with Gasteiger partial charge in [0.25, 0.3) is 5.69 Å². The maximum absolute atomic E-state index is 14.4. The van der Waals surface area contributed by atoms with Crippen LogP contribution in [-0.4, -0.2) is 163 Å². The quantitative estimate of drug-likeness (QED) is 0.105. The lowest BCUT2D eigenvalue weighted by atomic mass is 9.75. The highest BCUT2D eigenvalue weighted by Gasteiger charge is 2.55. The number of aryl methyl sites for hydroxylation is 2. The Morgan fingerprint density at radius 2 is 1.70 bits per heavy atom. The van der Waals surface area contributed by atoms with Gasteiger partial charge in [0.1, 0.15) is 29.8 Å². The number of aliphatic hydroxyl groups excluding tert-OH is 2. The van der Waals surface area contributed by atoms with E-state index in [1.54, 1.807) is 37.6 Å². The van der Waals surface area contributed by atoms with Crippen LogP contribution < -0.4 is 0 Å². The molecule has 4 heterocycles. The second-order valence-electron chi connectivity index (χ2n) is 20.3. The Morgan fingerprint density at radius 3 is 2.34 bits per heavy atom. The number of ketones is 1. The summed E-state index contributed by atoms with van der Waals surface area (Å²) in [6.07, 6.45) is 1.12. The van der Waals surface area contributed by atoms with Crippen molar-refractivity contribution in [3.05, 3.63) is 51.8 Å². The van der Waals surface area contributed by atoms with Gasteiger partial charge < -0.3 is 48.9 Å². The summed E-state index contributed by atoms with van der Waals surface area (Å²) in [5, 5.41) is 60.3. The molecule has 4 fully saturated rings. The number of nitrogens with zero attached hydrogens (tertiary/aromatic N) is 7. The maximum Gasteiger partial charge on any atom is 0.316 e. The first kappa shape index (κ1) is 52.4. The summed E-state index contributed by atoms with van der Waals surface area (Å²) in [4.78, 5) is 49.3. The van der Waals surface area contributed by atoms with Crippen LogP contribution in [0.4, 0.5) is 5.69 Å². The zero-order valence-electron chi connectivity index (χ0n) is 41.0. The maximum atomic E-state index is 14.4. The van der Waals surface area contributed by atoms with Crippen molar-refractivity contribution < 1.29 is 53.6 Å². The predicted octanol–water partition coefficient (Wildman–Crippen LogP) is 4.12. The van der Waals surface area contributed by atoms with Gasteiger partial charge >= 0.3 is 5.97 Å². The van der Waals surface area contributed by atoms with Crippen molar-refractivity contribution in [3.8, 4) is 0 Å². The lowest BCUT2D eigenvalue weighted by Crippen LogP contribution is -2.59. The average Bonchev–Trinajstić information content (AvgIpc) is 3.94. The lowest BCUT2D eigenvalue weighted by molar-refractivity contribution is -0.384. The van der Waals surface area contributed by atoms with Crippen molar-refractivity contribution in [2.45, 2.75) is 179 Å². The number of carbonyl (C=O) groups is 2. The smallest absolute Gasteiger partial charge is 0.316 e. The van der Waals surface area contributed by atoms with Gasteiger partial charge in [0.2, 0.25) is 0 Å². The Morgan fingerprint density at radius 1 is 1.01 bits per heavy atom. The normalized spacial score (nSPS) is 37.4. The number of carbonyl (C=O) groups excluding carboxylic acids is 2. The minimum absolute atomic E-state index is 0.0424. The Labute approximate surface area is 394 Å². The Kier molecular flexibility index (Phi) is 17.4. The fraction of sp³-hybridized carbons (Fsp3) is 0.771. The number of fused-ring (bicyclic) bond motifs is 2. The van der Waals surface area contributed by atoms with Crippen LogP contribution in [0.2, 0.25) is 0 Å². The van der Waals surface area contributed by atoms with Crippen LogP contribution in [0.5, 0.6) is 0 Å². The molecule has 1 saturated carbocycles. The molecule has 0 unspecified atom stereocenters. The van der Waals surface area contributed by atoms with Crippen molar-refractivity contribution in [3.63, 3.8) is 0 Å². The van der Waals surface area contributed by atoms with Crippen molar-refractivity contribution in [2.75, 3.05) is 34.3 Å². The van der Waals surface area contributed by atoms with E-state index in [0.717, 1.165) is 36.9 Å². The van der Waals surface area contributed by atoms with Crippen LogP contribution in [0, 0.1) is 33.8 Å². The van der Waals surface area contributed by atoms with Crippen molar-refractivity contribution in [1.29, 1.82) is 0 Å². The lowest BCUT2D eigenvalue weighted by Gasteiger charge is -2.46. The number of Topliss-reactive ketones (excluding diaryl/α,β-unsaturated/α-hetero) is 1. The average molecular weight is 942 g/mol. The summed E-state index contributed by atoms with van der Waals surface area (Å²) in [7, 11) is 6.07. The van der Waals surface area contributed by atoms with Crippen LogP contribution in [0.25, 0.3) is 0 Å². The first-order valence-corrected chi connectivity index (χ1v) is 24.1. The van der Waals surface area contributed by atoms with Crippen molar-refractivity contribution in [2.24, 2.45) is 28.8 Å². The van der Waals surface area contributed by atoms with Crippen LogP contribution in [0.15, 0.2) is 35.6 Å². The van der Waals surface area contributed by atoms with Gasteiger partial charge in [0, 0.05) is 67.7 Å². The van der Waals surface area contributed by atoms with Crippen molar-refractivity contribution >= 4 is 23.2 Å². The van der Waals surface area contributed by atoms with Gasteiger partial charge in [-0.3, -0.25) is 24.4 Å². The molecule has 3 saturated heterocycles. The van der Waals surface area contributed by atoms with Crippen LogP contribution in [0.3, 0.4) is 0 Å². The number of oxime groups is 1. The number of benzene rings is 1. The number of non-ortho nitro benzene ring substituents is 1. The molecule has 19 nitrogen and oxygen atoms in total. The highest BCUT2D eigenvalue weighted by molar-refractivity contribution is 6.00. The van der Waals surface area contributed by atoms with E-state index in [1.165, 1.54) is 26.0 Å². The number of likely N-dealkylation sites (N-methyl/N-ethyl adjacent to an activating group) is 1. The third-order valence-electron chi connectivity index (χ3n) is 15.0. The summed E-state index contributed by atoms with van der Waals surface area (Å²) in [6, 6.07) is 6.50. The Balaban J connectivity index is 1.20. The summed E-state index contributed by atoms with van der Waals surface area (Å²) in [5.41, 5.74) is -0.844. The number of hydrogen-bond acceptors (Lipinski definition) is 17. The molecule has 1 aromatic heterocycles. The number of aromatic nitrogens is 3. The third kappa shape index (κ3) is 12.3. The standard InChI is InChI=1S/C48H75N7O12/c1-11-39-48(7,60)43(58)29(3)40(50-67-37-18-16-35(17-19-37)52(8)9)33-25-47(6,63-27-33)44(30(4)41(56)31(5)45(59)65-39)66-46-42(57)38(24-28(2)64-46)53(10)22-21-34-26-54(51-49-34)23-20-32-12-14-36(15-13-32)55(61)62/h12-15,26,28-31,33,35,37-39,42-44,46,57-58,60H,11,16-25,27H2,1-10H3/b50-40-/t28-,29+,30+,31-,33+,35-,37+,38+,39-,42-,43-,44-,46+,47-,48-/m1/s1. The summed E-state index contributed by atoms with van der Waals surface area (Å²) in [6.45, 7) is 13.1. The van der Waals surface area contributed by atoms with E-state index in [4.69, 9.17) is 28.9 Å². The minimum Gasteiger partial charge on any atom is -0.459 e.